The summed E-state index contributed by atoms with van der Waals surface area (Å²) in [6, 6.07) is 1.40. The topological polar surface area (TPSA) is 78.2 Å². The van der Waals surface area contributed by atoms with Crippen molar-refractivity contribution in [1.82, 2.24) is 9.97 Å². The summed E-state index contributed by atoms with van der Waals surface area (Å²) in [5.41, 5.74) is -0.861. The zero-order chi connectivity index (χ0) is 11.7. The van der Waals surface area contributed by atoms with Crippen LogP contribution in [0.25, 0.3) is 0 Å². The molecule has 0 spiro atoms. The fraction of sp³-hybridized carbons (Fsp3) is 0.600. The van der Waals surface area contributed by atoms with Gasteiger partial charge in [0.1, 0.15) is 5.82 Å². The van der Waals surface area contributed by atoms with Gasteiger partial charge in [0, 0.05) is 19.2 Å². The van der Waals surface area contributed by atoms with Gasteiger partial charge in [-0.15, -0.1) is 0 Å². The molecule has 1 fully saturated rings. The van der Waals surface area contributed by atoms with Crippen LogP contribution >= 0.6 is 0 Å². The Labute approximate surface area is 92.3 Å². The second-order valence-corrected chi connectivity index (χ2v) is 4.14. The predicted octanol–water partition coefficient (Wildman–Crippen LogP) is -0.323. The molecule has 0 saturated carbocycles. The average molecular weight is 225 g/mol. The Morgan fingerprint density at radius 1 is 1.25 bits per heavy atom. The van der Waals surface area contributed by atoms with E-state index in [0.717, 1.165) is 0 Å². The Hall–Kier alpha value is -1.56. The lowest BCUT2D eigenvalue weighted by atomic mass is 10.2. The van der Waals surface area contributed by atoms with E-state index in [1.165, 1.54) is 6.07 Å². The summed E-state index contributed by atoms with van der Waals surface area (Å²) in [7, 11) is 0. The number of aromatic nitrogens is 2. The highest BCUT2D eigenvalue weighted by Crippen LogP contribution is 2.15. The van der Waals surface area contributed by atoms with Crippen molar-refractivity contribution in [3.05, 3.63) is 26.9 Å². The molecule has 2 atom stereocenters. The van der Waals surface area contributed by atoms with Gasteiger partial charge in [0.05, 0.1) is 12.2 Å². The highest BCUT2D eigenvalue weighted by atomic mass is 16.5. The second-order valence-electron chi connectivity index (χ2n) is 4.14. The van der Waals surface area contributed by atoms with Crippen molar-refractivity contribution in [2.45, 2.75) is 26.1 Å². The van der Waals surface area contributed by atoms with Crippen molar-refractivity contribution in [1.29, 1.82) is 0 Å². The third kappa shape index (κ3) is 2.33. The van der Waals surface area contributed by atoms with Crippen LogP contribution in [0.4, 0.5) is 5.82 Å². The molecule has 6 heteroatoms. The first-order valence-corrected chi connectivity index (χ1v) is 5.28. The number of H-pyrrole nitrogens is 2. The third-order valence-corrected chi connectivity index (χ3v) is 2.51. The molecule has 0 radical (unpaired) electrons. The molecule has 0 aliphatic carbocycles. The highest BCUT2D eigenvalue weighted by Gasteiger charge is 2.23. The first-order valence-electron chi connectivity index (χ1n) is 5.28. The molecule has 88 valence electrons. The van der Waals surface area contributed by atoms with Crippen molar-refractivity contribution in [3.63, 3.8) is 0 Å². The van der Waals surface area contributed by atoms with Gasteiger partial charge in [-0.3, -0.25) is 14.8 Å². The van der Waals surface area contributed by atoms with Gasteiger partial charge in [0.25, 0.3) is 5.56 Å². The van der Waals surface area contributed by atoms with Crippen LogP contribution in [0.2, 0.25) is 0 Å². The van der Waals surface area contributed by atoms with Gasteiger partial charge in [-0.2, -0.15) is 0 Å². The van der Waals surface area contributed by atoms with E-state index >= 15 is 0 Å². The van der Waals surface area contributed by atoms with Crippen molar-refractivity contribution in [3.8, 4) is 0 Å². The fourth-order valence-electron chi connectivity index (χ4n) is 2.00. The Morgan fingerprint density at radius 3 is 2.44 bits per heavy atom. The van der Waals surface area contributed by atoms with Gasteiger partial charge in [-0.25, -0.2) is 4.79 Å². The highest BCUT2D eigenvalue weighted by molar-refractivity contribution is 5.37. The SMILES string of the molecule is C[C@@H]1CN(c2cc(=O)[nH]c(=O)[nH]2)C[C@@H](C)O1. The van der Waals surface area contributed by atoms with Crippen LogP contribution in [0.5, 0.6) is 0 Å². The van der Waals surface area contributed by atoms with Gasteiger partial charge in [-0.1, -0.05) is 0 Å². The molecule has 0 aromatic carbocycles. The number of anilines is 1. The number of aromatic amines is 2. The van der Waals surface area contributed by atoms with E-state index in [4.69, 9.17) is 4.74 Å². The minimum Gasteiger partial charge on any atom is -0.372 e. The number of nitrogens with zero attached hydrogens (tertiary/aromatic N) is 1. The van der Waals surface area contributed by atoms with Crippen LogP contribution in [0.3, 0.4) is 0 Å². The number of nitrogens with one attached hydrogen (secondary N) is 2. The normalized spacial score (nSPS) is 25.8. The average Bonchev–Trinajstić information content (AvgIpc) is 2.14. The third-order valence-electron chi connectivity index (χ3n) is 2.51. The molecule has 0 unspecified atom stereocenters. The zero-order valence-corrected chi connectivity index (χ0v) is 9.32. The summed E-state index contributed by atoms with van der Waals surface area (Å²) in [5, 5.41) is 0. The number of rotatable bonds is 1. The van der Waals surface area contributed by atoms with Crippen LogP contribution in [-0.2, 0) is 4.74 Å². The fourth-order valence-corrected chi connectivity index (χ4v) is 2.00. The molecule has 1 aliphatic rings. The van der Waals surface area contributed by atoms with Gasteiger partial charge >= 0.3 is 5.69 Å². The lowest BCUT2D eigenvalue weighted by molar-refractivity contribution is -0.00548. The maximum atomic E-state index is 11.2. The molecule has 2 N–H and O–H groups in total. The van der Waals surface area contributed by atoms with E-state index in [-0.39, 0.29) is 17.8 Å². The monoisotopic (exact) mass is 225 g/mol. The van der Waals surface area contributed by atoms with Crippen LogP contribution < -0.4 is 16.1 Å². The summed E-state index contributed by atoms with van der Waals surface area (Å²) in [6.07, 6.45) is 0.179. The summed E-state index contributed by atoms with van der Waals surface area (Å²) in [5.74, 6) is 0.552. The summed E-state index contributed by atoms with van der Waals surface area (Å²) >= 11 is 0. The van der Waals surface area contributed by atoms with E-state index < -0.39 is 5.69 Å². The number of ether oxygens (including phenoxy) is 1. The Morgan fingerprint density at radius 2 is 1.88 bits per heavy atom. The van der Waals surface area contributed by atoms with Crippen LogP contribution in [0.15, 0.2) is 15.7 Å². The molecular weight excluding hydrogens is 210 g/mol. The predicted molar refractivity (Wildman–Crippen MR) is 59.9 cm³/mol. The van der Waals surface area contributed by atoms with Crippen molar-refractivity contribution < 1.29 is 4.74 Å². The van der Waals surface area contributed by atoms with Crippen molar-refractivity contribution >= 4 is 5.82 Å². The first kappa shape index (κ1) is 10.9. The minimum atomic E-state index is -0.478. The van der Waals surface area contributed by atoms with E-state index in [0.29, 0.717) is 18.9 Å². The van der Waals surface area contributed by atoms with Crippen LogP contribution in [-0.4, -0.2) is 35.3 Å². The molecule has 1 saturated heterocycles. The van der Waals surface area contributed by atoms with E-state index in [1.807, 2.05) is 18.7 Å². The lowest BCUT2D eigenvalue weighted by Crippen LogP contribution is -2.46. The molecule has 0 amide bonds. The molecule has 6 nitrogen and oxygen atoms in total. The minimum absolute atomic E-state index is 0.0894. The van der Waals surface area contributed by atoms with Gasteiger partial charge in [-0.05, 0) is 13.8 Å². The van der Waals surface area contributed by atoms with Gasteiger partial charge in [0.2, 0.25) is 0 Å². The Kier molecular flexibility index (Phi) is 2.82. The van der Waals surface area contributed by atoms with Crippen molar-refractivity contribution in [2.75, 3.05) is 18.0 Å². The summed E-state index contributed by atoms with van der Waals surface area (Å²) in [4.78, 5) is 29.1. The Bertz CT molecular complexity index is 440. The standard InChI is InChI=1S/C10H15N3O3/c1-6-4-13(5-7(2)16-6)8-3-9(14)12-10(15)11-8/h3,6-7H,4-5H2,1-2H3,(H2,11,12,14,15)/t6-,7-/m1/s1. The van der Waals surface area contributed by atoms with Gasteiger partial charge in [0.15, 0.2) is 0 Å². The molecule has 1 aromatic rings. The molecular formula is C10H15N3O3. The maximum absolute atomic E-state index is 11.2. The molecule has 1 aromatic heterocycles. The molecule has 2 heterocycles. The van der Waals surface area contributed by atoms with E-state index in [9.17, 15) is 9.59 Å². The van der Waals surface area contributed by atoms with Crippen LogP contribution in [0, 0.1) is 0 Å². The molecule has 2 rings (SSSR count). The van der Waals surface area contributed by atoms with Gasteiger partial charge < -0.3 is 9.64 Å². The van der Waals surface area contributed by atoms with E-state index in [2.05, 4.69) is 9.97 Å². The lowest BCUT2D eigenvalue weighted by Gasteiger charge is -2.36. The number of hydrogen-bond acceptors (Lipinski definition) is 4. The van der Waals surface area contributed by atoms with Crippen molar-refractivity contribution in [2.24, 2.45) is 0 Å². The van der Waals surface area contributed by atoms with E-state index in [1.54, 1.807) is 0 Å². The molecule has 1 aliphatic heterocycles. The number of hydrogen-bond donors (Lipinski definition) is 2. The smallest absolute Gasteiger partial charge is 0.327 e. The Balaban J connectivity index is 2.29. The number of morpholine rings is 1. The second kappa shape index (κ2) is 4.13. The first-order chi connectivity index (χ1) is 7.54. The maximum Gasteiger partial charge on any atom is 0.327 e. The summed E-state index contributed by atoms with van der Waals surface area (Å²) in [6.45, 7) is 5.27. The van der Waals surface area contributed by atoms with Crippen LogP contribution in [0.1, 0.15) is 13.8 Å². The quantitative estimate of drug-likeness (QED) is 0.686. The zero-order valence-electron chi connectivity index (χ0n) is 9.32. The molecule has 16 heavy (non-hydrogen) atoms. The summed E-state index contributed by atoms with van der Waals surface area (Å²) < 4.78 is 5.58. The largest absolute Gasteiger partial charge is 0.372 e. The molecule has 0 bridgehead atoms.